The van der Waals surface area contributed by atoms with Crippen LogP contribution in [0.15, 0.2) is 27.8 Å². The van der Waals surface area contributed by atoms with Crippen LogP contribution in [0, 0.1) is 0 Å². The fourth-order valence-corrected chi connectivity index (χ4v) is 3.56. The fourth-order valence-electron chi connectivity index (χ4n) is 3.56. The van der Waals surface area contributed by atoms with Gasteiger partial charge in [-0.3, -0.25) is 4.99 Å². The smallest absolute Gasteiger partial charge is 0.191 e. The zero-order valence-electron chi connectivity index (χ0n) is 15.3. The number of nitrogens with one attached hydrogen (secondary N) is 2. The van der Waals surface area contributed by atoms with Crippen LogP contribution >= 0.6 is 24.0 Å². The second-order valence-electron chi connectivity index (χ2n) is 7.30. The average molecular weight is 461 g/mol. The van der Waals surface area contributed by atoms with Gasteiger partial charge in [0.2, 0.25) is 0 Å². The Morgan fingerprint density at radius 3 is 2.80 bits per heavy atom. The molecule has 1 aliphatic heterocycles. The fraction of sp³-hybridized carbons (Fsp3) is 0.737. The largest absolute Gasteiger partial charge is 0.469 e. The van der Waals surface area contributed by atoms with E-state index in [-0.39, 0.29) is 29.6 Å². The zero-order valence-corrected chi connectivity index (χ0v) is 17.6. The number of rotatable bonds is 6. The third-order valence-electron chi connectivity index (χ3n) is 5.06. The van der Waals surface area contributed by atoms with E-state index in [0.717, 1.165) is 50.7 Å². The van der Waals surface area contributed by atoms with Gasteiger partial charge in [0.15, 0.2) is 5.96 Å². The van der Waals surface area contributed by atoms with Gasteiger partial charge in [-0.1, -0.05) is 19.3 Å². The summed E-state index contributed by atoms with van der Waals surface area (Å²) in [4.78, 5) is 4.83. The molecule has 0 radical (unpaired) electrons. The number of hydrogen-bond acceptors (Lipinski definition) is 3. The van der Waals surface area contributed by atoms with E-state index in [1.165, 1.54) is 32.1 Å². The van der Waals surface area contributed by atoms with Crippen LogP contribution in [-0.2, 0) is 11.2 Å². The molecule has 1 aromatic rings. The van der Waals surface area contributed by atoms with Crippen molar-refractivity contribution >= 4 is 29.9 Å². The summed E-state index contributed by atoms with van der Waals surface area (Å²) < 4.78 is 11.3. The van der Waals surface area contributed by atoms with Crippen molar-refractivity contribution in [3.63, 3.8) is 0 Å². The molecule has 6 heteroatoms. The molecule has 1 saturated carbocycles. The van der Waals surface area contributed by atoms with Crippen LogP contribution in [0.3, 0.4) is 0 Å². The maximum absolute atomic E-state index is 5.87. The van der Waals surface area contributed by atoms with Crippen molar-refractivity contribution in [2.75, 3.05) is 19.7 Å². The summed E-state index contributed by atoms with van der Waals surface area (Å²) in [6.45, 7) is 4.58. The monoisotopic (exact) mass is 461 g/mol. The highest BCUT2D eigenvalue weighted by Crippen LogP contribution is 2.25. The van der Waals surface area contributed by atoms with Gasteiger partial charge in [-0.2, -0.15) is 0 Å². The van der Waals surface area contributed by atoms with Crippen molar-refractivity contribution in [2.24, 2.45) is 4.99 Å². The number of hydrogen-bond donors (Lipinski definition) is 2. The summed E-state index contributed by atoms with van der Waals surface area (Å²) >= 11 is 0. The molecule has 1 saturated heterocycles. The minimum Gasteiger partial charge on any atom is -0.469 e. The summed E-state index contributed by atoms with van der Waals surface area (Å²) in [5.74, 6) is 1.93. The maximum atomic E-state index is 5.87. The number of guanidine groups is 1. The molecule has 2 fully saturated rings. The van der Waals surface area contributed by atoms with E-state index >= 15 is 0 Å². The van der Waals surface area contributed by atoms with Gasteiger partial charge in [-0.05, 0) is 44.7 Å². The first-order chi connectivity index (χ1) is 11.7. The van der Waals surface area contributed by atoms with Crippen LogP contribution in [0.4, 0.5) is 0 Å². The van der Waals surface area contributed by atoms with Crippen molar-refractivity contribution in [1.82, 2.24) is 10.6 Å². The quantitative estimate of drug-likeness (QED) is 0.384. The number of nitrogens with zero attached hydrogens (tertiary/aromatic N) is 1. The Morgan fingerprint density at radius 2 is 2.12 bits per heavy atom. The molecule has 1 unspecified atom stereocenters. The second kappa shape index (κ2) is 10.4. The Hall–Kier alpha value is -0.760. The van der Waals surface area contributed by atoms with Crippen molar-refractivity contribution in [1.29, 1.82) is 0 Å². The van der Waals surface area contributed by atoms with E-state index < -0.39 is 0 Å². The molecule has 1 aromatic heterocycles. The van der Waals surface area contributed by atoms with Crippen LogP contribution in [-0.4, -0.2) is 37.3 Å². The average Bonchev–Trinajstić information content (AvgIpc) is 3.26. The summed E-state index contributed by atoms with van der Waals surface area (Å²) in [5, 5.41) is 7.10. The number of halogens is 1. The lowest BCUT2D eigenvalue weighted by Crippen LogP contribution is -2.45. The molecule has 25 heavy (non-hydrogen) atoms. The third-order valence-corrected chi connectivity index (χ3v) is 5.06. The lowest BCUT2D eigenvalue weighted by molar-refractivity contribution is 0.0283. The van der Waals surface area contributed by atoms with Crippen LogP contribution < -0.4 is 10.6 Å². The molecule has 2 heterocycles. The highest BCUT2D eigenvalue weighted by Gasteiger charge is 2.29. The van der Waals surface area contributed by atoms with Crippen LogP contribution in [0.1, 0.15) is 57.6 Å². The number of furan rings is 1. The highest BCUT2D eigenvalue weighted by molar-refractivity contribution is 14.0. The minimum atomic E-state index is -0.0951. The zero-order chi connectivity index (χ0) is 16.7. The molecule has 5 nitrogen and oxygen atoms in total. The van der Waals surface area contributed by atoms with E-state index in [9.17, 15) is 0 Å². The van der Waals surface area contributed by atoms with Crippen molar-refractivity contribution in [3.8, 4) is 0 Å². The van der Waals surface area contributed by atoms with Crippen LogP contribution in [0.25, 0.3) is 0 Å². The van der Waals surface area contributed by atoms with Gasteiger partial charge in [0, 0.05) is 25.6 Å². The summed E-state index contributed by atoms with van der Waals surface area (Å²) in [6, 6.07) is 4.49. The molecule has 0 bridgehead atoms. The Kier molecular flexibility index (Phi) is 8.55. The topological polar surface area (TPSA) is 58.8 Å². The SMILES string of the molecule is CC1(CN=C(NCCc2ccco2)NC2CCCCC2)CCCO1.I. The van der Waals surface area contributed by atoms with Crippen molar-refractivity contribution in [2.45, 2.75) is 69.9 Å². The Balaban J connectivity index is 0.00000225. The van der Waals surface area contributed by atoms with Gasteiger partial charge in [-0.25, -0.2) is 0 Å². The second-order valence-corrected chi connectivity index (χ2v) is 7.30. The van der Waals surface area contributed by atoms with Gasteiger partial charge in [0.05, 0.1) is 18.4 Å². The molecule has 142 valence electrons. The maximum Gasteiger partial charge on any atom is 0.191 e. The summed E-state index contributed by atoms with van der Waals surface area (Å²) in [7, 11) is 0. The molecular formula is C19H32IN3O2. The van der Waals surface area contributed by atoms with Gasteiger partial charge in [0.1, 0.15) is 5.76 Å². The lowest BCUT2D eigenvalue weighted by Gasteiger charge is -2.26. The lowest BCUT2D eigenvalue weighted by atomic mass is 9.96. The first kappa shape index (κ1) is 20.6. The van der Waals surface area contributed by atoms with E-state index in [1.807, 2.05) is 12.1 Å². The van der Waals surface area contributed by atoms with Gasteiger partial charge >= 0.3 is 0 Å². The molecule has 0 aromatic carbocycles. The van der Waals surface area contributed by atoms with Crippen molar-refractivity contribution in [3.05, 3.63) is 24.2 Å². The number of ether oxygens (including phenoxy) is 1. The van der Waals surface area contributed by atoms with E-state index in [0.29, 0.717) is 6.04 Å². The minimum absolute atomic E-state index is 0. The van der Waals surface area contributed by atoms with E-state index in [4.69, 9.17) is 14.1 Å². The third kappa shape index (κ3) is 6.81. The Labute approximate surface area is 168 Å². The Bertz CT molecular complexity index is 507. The van der Waals surface area contributed by atoms with Gasteiger partial charge in [0.25, 0.3) is 0 Å². The standard InChI is InChI=1S/C19H31N3O2.HI/c1-19(11-6-14-24-19)15-21-18(22-16-7-3-2-4-8-16)20-12-10-17-9-5-13-23-17;/h5,9,13,16H,2-4,6-8,10-12,14-15H2,1H3,(H2,20,21,22);1H. The van der Waals surface area contributed by atoms with Gasteiger partial charge < -0.3 is 19.8 Å². The highest BCUT2D eigenvalue weighted by atomic mass is 127. The molecule has 1 aliphatic carbocycles. The Morgan fingerprint density at radius 1 is 1.28 bits per heavy atom. The summed E-state index contributed by atoms with van der Waals surface area (Å²) in [6.07, 6.45) is 11.3. The first-order valence-electron chi connectivity index (χ1n) is 9.45. The normalized spacial score (nSPS) is 24.8. The predicted octanol–water partition coefficient (Wildman–Crippen LogP) is 3.88. The van der Waals surface area contributed by atoms with Crippen LogP contribution in [0.5, 0.6) is 0 Å². The molecular weight excluding hydrogens is 429 g/mol. The van der Waals surface area contributed by atoms with E-state index in [2.05, 4.69) is 17.6 Å². The molecule has 0 amide bonds. The first-order valence-corrected chi connectivity index (χ1v) is 9.45. The molecule has 1 atom stereocenters. The molecule has 2 N–H and O–H groups in total. The summed E-state index contributed by atoms with van der Waals surface area (Å²) in [5.41, 5.74) is -0.0951. The predicted molar refractivity (Wildman–Crippen MR) is 112 cm³/mol. The molecule has 0 spiro atoms. The van der Waals surface area contributed by atoms with Crippen molar-refractivity contribution < 1.29 is 9.15 Å². The van der Waals surface area contributed by atoms with E-state index in [1.54, 1.807) is 6.26 Å². The molecule has 3 rings (SSSR count). The van der Waals surface area contributed by atoms with Gasteiger partial charge in [-0.15, -0.1) is 24.0 Å². The van der Waals surface area contributed by atoms with Crippen LogP contribution in [0.2, 0.25) is 0 Å². The number of aliphatic imine (C=N–C) groups is 1. The molecule has 2 aliphatic rings.